The molecular formula is C17H22N2O3. The molecule has 1 aromatic heterocycles. The van der Waals surface area contributed by atoms with Gasteiger partial charge in [-0.3, -0.25) is 9.59 Å². The molecular weight excluding hydrogens is 280 g/mol. The van der Waals surface area contributed by atoms with Crippen molar-refractivity contribution in [2.45, 2.75) is 32.7 Å². The Labute approximate surface area is 130 Å². The maximum Gasteiger partial charge on any atom is 0.306 e. The van der Waals surface area contributed by atoms with Crippen LogP contribution in [0.25, 0.3) is 10.9 Å². The monoisotopic (exact) mass is 302 g/mol. The molecule has 5 heteroatoms. The van der Waals surface area contributed by atoms with E-state index >= 15 is 0 Å². The number of para-hydroxylation sites is 1. The number of carbonyl (C=O) groups is 2. The molecule has 0 bridgehead atoms. The molecule has 1 amide bonds. The quantitative estimate of drug-likeness (QED) is 0.602. The van der Waals surface area contributed by atoms with E-state index in [0.717, 1.165) is 13.0 Å². The van der Waals surface area contributed by atoms with Gasteiger partial charge in [0.05, 0.1) is 13.0 Å². The summed E-state index contributed by atoms with van der Waals surface area (Å²) in [6, 6.07) is 10.3. The number of hydrogen-bond acceptors (Lipinski definition) is 3. The number of aryl methyl sites for hydroxylation is 1. The first-order valence-corrected chi connectivity index (χ1v) is 7.67. The van der Waals surface area contributed by atoms with E-state index in [4.69, 9.17) is 4.74 Å². The average Bonchev–Trinajstić information content (AvgIpc) is 2.93. The molecule has 0 aliphatic rings. The lowest BCUT2D eigenvalue weighted by Gasteiger charge is -2.07. The summed E-state index contributed by atoms with van der Waals surface area (Å²) in [7, 11) is 0. The van der Waals surface area contributed by atoms with Gasteiger partial charge in [0.2, 0.25) is 5.91 Å². The highest BCUT2D eigenvalue weighted by Crippen LogP contribution is 2.15. The van der Waals surface area contributed by atoms with Crippen molar-refractivity contribution in [2.75, 3.05) is 13.2 Å². The van der Waals surface area contributed by atoms with E-state index < -0.39 is 0 Å². The number of nitrogens with zero attached hydrogens (tertiary/aromatic N) is 1. The second-order valence-electron chi connectivity index (χ2n) is 5.08. The molecule has 2 aromatic rings. The van der Waals surface area contributed by atoms with Crippen LogP contribution in [0.1, 0.15) is 26.2 Å². The normalized spacial score (nSPS) is 10.6. The summed E-state index contributed by atoms with van der Waals surface area (Å²) in [5.74, 6) is -0.429. The van der Waals surface area contributed by atoms with Gasteiger partial charge < -0.3 is 14.6 Å². The molecule has 1 aromatic carbocycles. The standard InChI is InChI=1S/C17H22N2O3/c1-2-22-17(21)9-8-16(20)18-11-5-12-19-13-10-14-6-3-4-7-15(14)19/h3-4,6-7,10,13H,2,5,8-9,11-12H2,1H3,(H,18,20). The van der Waals surface area contributed by atoms with E-state index in [1.807, 2.05) is 12.1 Å². The number of rotatable bonds is 8. The lowest BCUT2D eigenvalue weighted by Crippen LogP contribution is -2.25. The summed E-state index contributed by atoms with van der Waals surface area (Å²) < 4.78 is 6.97. The molecule has 1 heterocycles. The van der Waals surface area contributed by atoms with Gasteiger partial charge in [-0.25, -0.2) is 0 Å². The zero-order valence-corrected chi connectivity index (χ0v) is 12.9. The van der Waals surface area contributed by atoms with Gasteiger partial charge in [-0.1, -0.05) is 18.2 Å². The number of nitrogens with one attached hydrogen (secondary N) is 1. The number of aromatic nitrogens is 1. The lowest BCUT2D eigenvalue weighted by molar-refractivity contribution is -0.144. The summed E-state index contributed by atoms with van der Waals surface area (Å²) in [5, 5.41) is 4.05. The van der Waals surface area contributed by atoms with Gasteiger partial charge in [-0.15, -0.1) is 0 Å². The number of carbonyl (C=O) groups excluding carboxylic acids is 2. The maximum atomic E-state index is 11.6. The Bertz CT molecular complexity index is 634. The van der Waals surface area contributed by atoms with Crippen molar-refractivity contribution >= 4 is 22.8 Å². The van der Waals surface area contributed by atoms with Crippen LogP contribution in [0.5, 0.6) is 0 Å². The molecule has 22 heavy (non-hydrogen) atoms. The fourth-order valence-corrected chi connectivity index (χ4v) is 2.35. The van der Waals surface area contributed by atoms with Crippen LogP contribution in [0.3, 0.4) is 0 Å². The summed E-state index contributed by atoms with van der Waals surface area (Å²) in [5.41, 5.74) is 1.20. The van der Waals surface area contributed by atoms with Gasteiger partial charge in [0.25, 0.3) is 0 Å². The van der Waals surface area contributed by atoms with Crippen molar-refractivity contribution in [1.29, 1.82) is 0 Å². The van der Waals surface area contributed by atoms with Crippen LogP contribution >= 0.6 is 0 Å². The lowest BCUT2D eigenvalue weighted by atomic mass is 10.2. The molecule has 5 nitrogen and oxygen atoms in total. The molecule has 0 aliphatic heterocycles. The third-order valence-electron chi connectivity index (χ3n) is 3.44. The minimum absolute atomic E-state index is 0.106. The molecule has 0 aliphatic carbocycles. The minimum atomic E-state index is -0.323. The molecule has 0 fully saturated rings. The zero-order valence-electron chi connectivity index (χ0n) is 12.9. The second kappa shape index (κ2) is 8.22. The minimum Gasteiger partial charge on any atom is -0.466 e. The number of fused-ring (bicyclic) bond motifs is 1. The third-order valence-corrected chi connectivity index (χ3v) is 3.44. The highest BCUT2D eigenvalue weighted by Gasteiger charge is 2.07. The van der Waals surface area contributed by atoms with E-state index in [-0.39, 0.29) is 24.7 Å². The van der Waals surface area contributed by atoms with Crippen LogP contribution in [0.15, 0.2) is 36.5 Å². The Morgan fingerprint density at radius 2 is 2.00 bits per heavy atom. The average molecular weight is 302 g/mol. The second-order valence-corrected chi connectivity index (χ2v) is 5.08. The molecule has 2 rings (SSSR count). The SMILES string of the molecule is CCOC(=O)CCC(=O)NCCCn1ccc2ccccc21. The van der Waals surface area contributed by atoms with Crippen molar-refractivity contribution in [2.24, 2.45) is 0 Å². The first-order valence-electron chi connectivity index (χ1n) is 7.67. The van der Waals surface area contributed by atoms with E-state index in [1.54, 1.807) is 6.92 Å². The third kappa shape index (κ3) is 4.62. The topological polar surface area (TPSA) is 60.3 Å². The van der Waals surface area contributed by atoms with Crippen LogP contribution in [0.4, 0.5) is 0 Å². The smallest absolute Gasteiger partial charge is 0.306 e. The van der Waals surface area contributed by atoms with Crippen LogP contribution in [-0.2, 0) is 20.9 Å². The summed E-state index contributed by atoms with van der Waals surface area (Å²) in [4.78, 5) is 22.8. The van der Waals surface area contributed by atoms with Crippen LogP contribution in [0.2, 0.25) is 0 Å². The molecule has 0 saturated carbocycles. The first-order chi connectivity index (χ1) is 10.7. The van der Waals surface area contributed by atoms with E-state index in [0.29, 0.717) is 13.2 Å². The highest BCUT2D eigenvalue weighted by molar-refractivity contribution is 5.81. The Morgan fingerprint density at radius 1 is 1.18 bits per heavy atom. The van der Waals surface area contributed by atoms with Gasteiger partial charge in [-0.05, 0) is 30.9 Å². The molecule has 0 spiro atoms. The fourth-order valence-electron chi connectivity index (χ4n) is 2.35. The maximum absolute atomic E-state index is 11.6. The molecule has 0 unspecified atom stereocenters. The van der Waals surface area contributed by atoms with E-state index in [2.05, 4.69) is 34.3 Å². The van der Waals surface area contributed by atoms with Crippen molar-refractivity contribution < 1.29 is 14.3 Å². The summed E-state index contributed by atoms with van der Waals surface area (Å²) >= 11 is 0. The Hall–Kier alpha value is -2.30. The number of esters is 1. The fraction of sp³-hybridized carbons (Fsp3) is 0.412. The van der Waals surface area contributed by atoms with E-state index in [1.165, 1.54) is 10.9 Å². The number of hydrogen-bond donors (Lipinski definition) is 1. The van der Waals surface area contributed by atoms with Gasteiger partial charge in [-0.2, -0.15) is 0 Å². The largest absolute Gasteiger partial charge is 0.466 e. The Balaban J connectivity index is 1.67. The van der Waals surface area contributed by atoms with Crippen LogP contribution < -0.4 is 5.32 Å². The van der Waals surface area contributed by atoms with E-state index in [9.17, 15) is 9.59 Å². The van der Waals surface area contributed by atoms with Gasteiger partial charge in [0.15, 0.2) is 0 Å². The number of benzene rings is 1. The van der Waals surface area contributed by atoms with Crippen LogP contribution in [0, 0.1) is 0 Å². The zero-order chi connectivity index (χ0) is 15.8. The summed E-state index contributed by atoms with van der Waals surface area (Å²) in [6.45, 7) is 3.56. The molecule has 0 saturated heterocycles. The van der Waals surface area contributed by atoms with Crippen molar-refractivity contribution in [3.8, 4) is 0 Å². The van der Waals surface area contributed by atoms with Gasteiger partial charge in [0, 0.05) is 31.2 Å². The Kier molecular flexibility index (Phi) is 6.01. The number of amides is 1. The van der Waals surface area contributed by atoms with Crippen molar-refractivity contribution in [1.82, 2.24) is 9.88 Å². The first kappa shape index (κ1) is 16.1. The highest BCUT2D eigenvalue weighted by atomic mass is 16.5. The number of ether oxygens (including phenoxy) is 1. The molecule has 0 atom stereocenters. The Morgan fingerprint density at radius 3 is 2.82 bits per heavy atom. The molecule has 1 N–H and O–H groups in total. The van der Waals surface area contributed by atoms with Gasteiger partial charge in [0.1, 0.15) is 0 Å². The summed E-state index contributed by atoms with van der Waals surface area (Å²) in [6.07, 6.45) is 3.24. The molecule has 0 radical (unpaired) electrons. The molecule has 118 valence electrons. The van der Waals surface area contributed by atoms with Crippen LogP contribution in [-0.4, -0.2) is 29.6 Å². The van der Waals surface area contributed by atoms with Gasteiger partial charge >= 0.3 is 5.97 Å². The van der Waals surface area contributed by atoms with Crippen molar-refractivity contribution in [3.63, 3.8) is 0 Å². The predicted octanol–water partition coefficient (Wildman–Crippen LogP) is 2.49. The van der Waals surface area contributed by atoms with Crippen molar-refractivity contribution in [3.05, 3.63) is 36.5 Å². The predicted molar refractivity (Wildman–Crippen MR) is 85.4 cm³/mol.